The van der Waals surface area contributed by atoms with Crippen LogP contribution >= 0.6 is 11.6 Å². The summed E-state index contributed by atoms with van der Waals surface area (Å²) in [7, 11) is -3.58. The summed E-state index contributed by atoms with van der Waals surface area (Å²) in [6.45, 7) is 1.97. The fraction of sp³-hybridized carbons (Fsp3) is 0.500. The van der Waals surface area contributed by atoms with Crippen molar-refractivity contribution >= 4 is 27.3 Å². The molecule has 0 aliphatic heterocycles. The fourth-order valence-electron chi connectivity index (χ4n) is 1.56. The van der Waals surface area contributed by atoms with E-state index in [-0.39, 0.29) is 10.7 Å². The maximum absolute atomic E-state index is 13.1. The Hall–Kier alpha value is -0.850. The highest BCUT2D eigenvalue weighted by atomic mass is 35.5. The summed E-state index contributed by atoms with van der Waals surface area (Å²) >= 11 is 5.84. The van der Waals surface area contributed by atoms with Crippen molar-refractivity contribution in [2.75, 3.05) is 11.3 Å². The van der Waals surface area contributed by atoms with Gasteiger partial charge in [-0.3, -0.25) is 4.72 Å². The van der Waals surface area contributed by atoms with Crippen LogP contribution in [0.2, 0.25) is 5.02 Å². The van der Waals surface area contributed by atoms with Crippen LogP contribution in [-0.4, -0.2) is 26.3 Å². The van der Waals surface area contributed by atoms with Gasteiger partial charge in [-0.15, -0.1) is 0 Å². The monoisotopic (exact) mass is 306 g/mol. The quantitative estimate of drug-likeness (QED) is 0.848. The smallest absolute Gasteiger partial charge is 0.236 e. The Morgan fingerprint density at radius 3 is 2.79 bits per heavy atom. The van der Waals surface area contributed by atoms with Crippen LogP contribution in [0.15, 0.2) is 18.2 Å². The molecule has 0 amide bonds. The average molecular weight is 307 g/mol. The molecule has 19 heavy (non-hydrogen) atoms. The average Bonchev–Trinajstić information content (AvgIpc) is 3.14. The zero-order valence-electron chi connectivity index (χ0n) is 10.5. The number of anilines is 1. The first kappa shape index (κ1) is 14.6. The molecule has 4 nitrogen and oxygen atoms in total. The number of rotatable bonds is 6. The van der Waals surface area contributed by atoms with Crippen LogP contribution in [0.1, 0.15) is 19.8 Å². The van der Waals surface area contributed by atoms with E-state index in [1.807, 2.05) is 0 Å². The molecule has 2 N–H and O–H groups in total. The molecule has 1 atom stereocenters. The minimum absolute atomic E-state index is 0.0694. The Kier molecular flexibility index (Phi) is 4.32. The van der Waals surface area contributed by atoms with E-state index in [1.165, 1.54) is 12.1 Å². The Morgan fingerprint density at radius 2 is 2.16 bits per heavy atom. The highest BCUT2D eigenvalue weighted by Gasteiger charge is 2.26. The minimum Gasteiger partial charge on any atom is -0.313 e. The molecule has 0 bridgehead atoms. The second-order valence-corrected chi connectivity index (χ2v) is 7.27. The Balaban J connectivity index is 2.04. The lowest BCUT2D eigenvalue weighted by molar-refractivity contribution is 0.576. The highest BCUT2D eigenvalue weighted by molar-refractivity contribution is 7.93. The van der Waals surface area contributed by atoms with Crippen LogP contribution in [0.25, 0.3) is 0 Å². The topological polar surface area (TPSA) is 58.2 Å². The minimum atomic E-state index is -3.58. The number of hydrogen-bond acceptors (Lipinski definition) is 3. The van der Waals surface area contributed by atoms with Crippen molar-refractivity contribution in [2.24, 2.45) is 0 Å². The zero-order valence-corrected chi connectivity index (χ0v) is 12.1. The molecule has 1 fully saturated rings. The summed E-state index contributed by atoms with van der Waals surface area (Å²) in [5.74, 6) is -0.536. The van der Waals surface area contributed by atoms with E-state index in [0.29, 0.717) is 12.6 Å². The fourth-order valence-corrected chi connectivity index (χ4v) is 2.77. The molecule has 7 heteroatoms. The van der Waals surface area contributed by atoms with Crippen molar-refractivity contribution in [3.63, 3.8) is 0 Å². The predicted octanol–water partition coefficient (Wildman–Crippen LogP) is 2.36. The molecule has 1 aromatic rings. The number of sulfonamides is 1. The first-order valence-electron chi connectivity index (χ1n) is 6.08. The van der Waals surface area contributed by atoms with E-state index in [1.54, 1.807) is 6.92 Å². The molecule has 0 saturated heterocycles. The van der Waals surface area contributed by atoms with Gasteiger partial charge < -0.3 is 5.32 Å². The molecule has 1 aliphatic carbocycles. The summed E-state index contributed by atoms with van der Waals surface area (Å²) in [5, 5.41) is 2.70. The van der Waals surface area contributed by atoms with Gasteiger partial charge in [0.25, 0.3) is 0 Å². The lowest BCUT2D eigenvalue weighted by Crippen LogP contribution is -2.35. The van der Waals surface area contributed by atoms with Crippen LogP contribution in [0.5, 0.6) is 0 Å². The van der Waals surface area contributed by atoms with Crippen molar-refractivity contribution in [2.45, 2.75) is 31.1 Å². The van der Waals surface area contributed by atoms with E-state index >= 15 is 0 Å². The molecule has 1 saturated carbocycles. The molecule has 0 heterocycles. The highest BCUT2D eigenvalue weighted by Crippen LogP contribution is 2.24. The first-order valence-corrected chi connectivity index (χ1v) is 8.01. The molecule has 1 aromatic carbocycles. The van der Waals surface area contributed by atoms with Gasteiger partial charge in [-0.05, 0) is 38.0 Å². The van der Waals surface area contributed by atoms with Crippen LogP contribution in [-0.2, 0) is 10.0 Å². The third kappa shape index (κ3) is 4.06. The van der Waals surface area contributed by atoms with Gasteiger partial charge >= 0.3 is 0 Å². The molecule has 1 aliphatic rings. The Bertz CT molecular complexity index is 561. The van der Waals surface area contributed by atoms with Crippen LogP contribution in [0, 0.1) is 5.82 Å². The second-order valence-electron chi connectivity index (χ2n) is 4.76. The first-order chi connectivity index (χ1) is 8.88. The molecular weight excluding hydrogens is 291 g/mol. The number of benzene rings is 1. The Labute approximate surface area is 117 Å². The predicted molar refractivity (Wildman–Crippen MR) is 74.4 cm³/mol. The van der Waals surface area contributed by atoms with Gasteiger partial charge in [0.05, 0.1) is 16.0 Å². The summed E-state index contributed by atoms with van der Waals surface area (Å²) in [6.07, 6.45) is 2.19. The third-order valence-electron chi connectivity index (χ3n) is 2.98. The molecule has 0 radical (unpaired) electrons. The molecule has 106 valence electrons. The third-order valence-corrected chi connectivity index (χ3v) is 5.04. The SMILES string of the molecule is CC(CNC1CC1)S(=O)(=O)Nc1cc(F)ccc1Cl. The van der Waals surface area contributed by atoms with E-state index in [4.69, 9.17) is 11.6 Å². The maximum atomic E-state index is 13.1. The number of halogens is 2. The van der Waals surface area contributed by atoms with Gasteiger partial charge in [0, 0.05) is 12.6 Å². The van der Waals surface area contributed by atoms with Gasteiger partial charge in [-0.25, -0.2) is 12.8 Å². The molecule has 1 unspecified atom stereocenters. The van der Waals surface area contributed by atoms with Gasteiger partial charge in [0.15, 0.2) is 0 Å². The molecule has 0 spiro atoms. The lowest BCUT2D eigenvalue weighted by atomic mass is 10.3. The number of nitrogens with one attached hydrogen (secondary N) is 2. The lowest BCUT2D eigenvalue weighted by Gasteiger charge is -2.16. The van der Waals surface area contributed by atoms with E-state index in [0.717, 1.165) is 18.9 Å². The van der Waals surface area contributed by atoms with E-state index in [2.05, 4.69) is 10.0 Å². The van der Waals surface area contributed by atoms with Crippen molar-refractivity contribution in [1.29, 1.82) is 0 Å². The van der Waals surface area contributed by atoms with Gasteiger partial charge in [0.2, 0.25) is 10.0 Å². The maximum Gasteiger partial charge on any atom is 0.236 e. The summed E-state index contributed by atoms with van der Waals surface area (Å²) < 4.78 is 39.5. The molecule has 2 rings (SSSR count). The summed E-state index contributed by atoms with van der Waals surface area (Å²) in [6, 6.07) is 4.01. The van der Waals surface area contributed by atoms with Crippen molar-refractivity contribution in [1.82, 2.24) is 5.32 Å². The largest absolute Gasteiger partial charge is 0.313 e. The molecular formula is C12H16ClFN2O2S. The van der Waals surface area contributed by atoms with Gasteiger partial charge in [-0.2, -0.15) is 0 Å². The summed E-state index contributed by atoms with van der Waals surface area (Å²) in [4.78, 5) is 0. The van der Waals surface area contributed by atoms with Crippen LogP contribution in [0.4, 0.5) is 10.1 Å². The van der Waals surface area contributed by atoms with Crippen LogP contribution in [0.3, 0.4) is 0 Å². The van der Waals surface area contributed by atoms with Gasteiger partial charge in [-0.1, -0.05) is 11.6 Å². The summed E-state index contributed by atoms with van der Waals surface area (Å²) in [5.41, 5.74) is 0.0694. The van der Waals surface area contributed by atoms with E-state index in [9.17, 15) is 12.8 Å². The van der Waals surface area contributed by atoms with E-state index < -0.39 is 21.1 Å². The van der Waals surface area contributed by atoms with Crippen molar-refractivity contribution in [3.8, 4) is 0 Å². The Morgan fingerprint density at radius 1 is 1.47 bits per heavy atom. The second kappa shape index (κ2) is 5.64. The van der Waals surface area contributed by atoms with Crippen molar-refractivity contribution in [3.05, 3.63) is 29.0 Å². The zero-order chi connectivity index (χ0) is 14.0. The van der Waals surface area contributed by atoms with Gasteiger partial charge in [0.1, 0.15) is 5.82 Å². The van der Waals surface area contributed by atoms with Crippen molar-refractivity contribution < 1.29 is 12.8 Å². The molecule has 0 aromatic heterocycles. The van der Waals surface area contributed by atoms with Crippen LogP contribution < -0.4 is 10.0 Å². The standard InChI is InChI=1S/C12H16ClFN2O2S/c1-8(7-15-10-3-4-10)19(17,18)16-12-6-9(14)2-5-11(12)13/h2,5-6,8,10,15-16H,3-4,7H2,1H3. The normalized spacial score (nSPS) is 17.2. The number of hydrogen-bond donors (Lipinski definition) is 2.